The minimum Gasteiger partial charge on any atom is -0.365 e. The molecule has 0 bridgehead atoms. The lowest BCUT2D eigenvalue weighted by Gasteiger charge is -2.25. The number of hydrogen-bond donors (Lipinski definition) is 1. The van der Waals surface area contributed by atoms with Crippen LogP contribution >= 0.6 is 0 Å². The number of nitrogens with zero attached hydrogens (tertiary/aromatic N) is 2. The van der Waals surface area contributed by atoms with Gasteiger partial charge in [-0.25, -0.2) is 0 Å². The molecule has 5 nitrogen and oxygen atoms in total. The quantitative estimate of drug-likeness (QED) is 0.640. The Labute approximate surface area is 101 Å². The molecule has 0 aromatic heterocycles. The van der Waals surface area contributed by atoms with Gasteiger partial charge < -0.3 is 10.2 Å². The molecule has 1 heterocycles. The Balaban J connectivity index is 2.36. The third kappa shape index (κ3) is 2.24. The molecule has 0 spiro atoms. The van der Waals surface area contributed by atoms with Crippen molar-refractivity contribution in [3.8, 4) is 0 Å². The number of nitrogens with one attached hydrogen (secondary N) is 1. The molecule has 2 rings (SSSR count). The van der Waals surface area contributed by atoms with E-state index in [-0.39, 0.29) is 10.6 Å². The van der Waals surface area contributed by atoms with Gasteiger partial charge in [0.25, 0.3) is 5.69 Å². The molecule has 1 fully saturated rings. The first kappa shape index (κ1) is 11.9. The summed E-state index contributed by atoms with van der Waals surface area (Å²) in [7, 11) is 1.93. The van der Waals surface area contributed by atoms with Crippen LogP contribution in [0.4, 0.5) is 11.4 Å². The maximum atomic E-state index is 11.1. The maximum absolute atomic E-state index is 11.1. The van der Waals surface area contributed by atoms with Crippen LogP contribution in [-0.4, -0.2) is 31.1 Å². The zero-order valence-corrected chi connectivity index (χ0v) is 10.1. The summed E-state index contributed by atoms with van der Waals surface area (Å²) in [6, 6.07) is 5.82. The van der Waals surface area contributed by atoms with Crippen LogP contribution in [0.25, 0.3) is 0 Å². The average Bonchev–Trinajstić information content (AvgIpc) is 2.80. The fourth-order valence-corrected chi connectivity index (χ4v) is 2.33. The van der Waals surface area contributed by atoms with Gasteiger partial charge in [-0.1, -0.05) is 12.1 Å². The monoisotopic (exact) mass is 235 g/mol. The van der Waals surface area contributed by atoms with Crippen molar-refractivity contribution < 1.29 is 4.92 Å². The number of hydrogen-bond acceptors (Lipinski definition) is 4. The summed E-state index contributed by atoms with van der Waals surface area (Å²) in [5.74, 6) is 0. The van der Waals surface area contributed by atoms with Crippen LogP contribution in [0.15, 0.2) is 18.2 Å². The van der Waals surface area contributed by atoms with E-state index in [2.05, 4.69) is 5.32 Å². The molecule has 1 aliphatic rings. The first-order chi connectivity index (χ1) is 8.11. The number of nitro groups is 1. The molecule has 1 aromatic rings. The lowest BCUT2D eigenvalue weighted by atomic mass is 10.1. The molecular weight excluding hydrogens is 218 g/mol. The number of anilines is 1. The fraction of sp³-hybridized carbons (Fsp3) is 0.500. The maximum Gasteiger partial charge on any atom is 0.295 e. The molecule has 1 atom stereocenters. The van der Waals surface area contributed by atoms with E-state index in [9.17, 15) is 10.1 Å². The standard InChI is InChI=1S/C12H17N3O2/c1-9-4-3-5-11(12(9)15(16)17)14(2)10-6-7-13-8-10/h3-5,10,13H,6-8H2,1-2H3. The van der Waals surface area contributed by atoms with Gasteiger partial charge in [0.2, 0.25) is 0 Å². The second-order valence-corrected chi connectivity index (χ2v) is 4.46. The fourth-order valence-electron chi connectivity index (χ4n) is 2.33. The van der Waals surface area contributed by atoms with Gasteiger partial charge in [0, 0.05) is 25.2 Å². The summed E-state index contributed by atoms with van der Waals surface area (Å²) >= 11 is 0. The minimum absolute atomic E-state index is 0.224. The molecule has 1 aromatic carbocycles. The summed E-state index contributed by atoms with van der Waals surface area (Å²) in [6.07, 6.45) is 1.03. The summed E-state index contributed by atoms with van der Waals surface area (Å²) in [6.45, 7) is 3.65. The lowest BCUT2D eigenvalue weighted by molar-refractivity contribution is -0.384. The topological polar surface area (TPSA) is 58.4 Å². The second-order valence-electron chi connectivity index (χ2n) is 4.46. The molecule has 1 unspecified atom stereocenters. The first-order valence-electron chi connectivity index (χ1n) is 5.79. The number of likely N-dealkylation sites (N-methyl/N-ethyl adjacent to an activating group) is 1. The van der Waals surface area contributed by atoms with Crippen molar-refractivity contribution in [3.05, 3.63) is 33.9 Å². The Hall–Kier alpha value is -1.62. The first-order valence-corrected chi connectivity index (χ1v) is 5.79. The Kier molecular flexibility index (Phi) is 3.28. The van der Waals surface area contributed by atoms with Crippen molar-refractivity contribution in [3.63, 3.8) is 0 Å². The van der Waals surface area contributed by atoms with Crippen molar-refractivity contribution in [1.82, 2.24) is 5.32 Å². The highest BCUT2D eigenvalue weighted by Crippen LogP contribution is 2.32. The van der Waals surface area contributed by atoms with Gasteiger partial charge in [0.15, 0.2) is 0 Å². The summed E-state index contributed by atoms with van der Waals surface area (Å²) in [4.78, 5) is 12.9. The number of benzene rings is 1. The van der Waals surface area contributed by atoms with Gasteiger partial charge in [-0.2, -0.15) is 0 Å². The summed E-state index contributed by atoms with van der Waals surface area (Å²) in [5, 5.41) is 14.4. The van der Waals surface area contributed by atoms with Crippen LogP contribution < -0.4 is 10.2 Å². The molecule has 0 saturated carbocycles. The Morgan fingerprint density at radius 1 is 1.53 bits per heavy atom. The Bertz CT molecular complexity index is 428. The van der Waals surface area contributed by atoms with Crippen LogP contribution in [0.3, 0.4) is 0 Å². The molecule has 5 heteroatoms. The van der Waals surface area contributed by atoms with Crippen molar-refractivity contribution in [2.75, 3.05) is 25.0 Å². The molecule has 0 aliphatic carbocycles. The predicted octanol–water partition coefficient (Wildman–Crippen LogP) is 1.70. The Morgan fingerprint density at radius 3 is 2.88 bits per heavy atom. The molecular formula is C12H17N3O2. The smallest absolute Gasteiger partial charge is 0.295 e. The highest BCUT2D eigenvalue weighted by Gasteiger charge is 2.26. The van der Waals surface area contributed by atoms with E-state index in [1.165, 1.54) is 0 Å². The van der Waals surface area contributed by atoms with E-state index < -0.39 is 0 Å². The van der Waals surface area contributed by atoms with E-state index in [1.54, 1.807) is 13.0 Å². The second kappa shape index (κ2) is 4.71. The largest absolute Gasteiger partial charge is 0.365 e. The number of nitro benzene ring substituents is 1. The number of aryl methyl sites for hydroxylation is 1. The molecule has 92 valence electrons. The molecule has 1 aliphatic heterocycles. The van der Waals surface area contributed by atoms with Gasteiger partial charge in [-0.3, -0.25) is 10.1 Å². The van der Waals surface area contributed by atoms with Crippen molar-refractivity contribution in [2.24, 2.45) is 0 Å². The third-order valence-corrected chi connectivity index (χ3v) is 3.36. The zero-order chi connectivity index (χ0) is 12.4. The SMILES string of the molecule is Cc1cccc(N(C)C2CCNC2)c1[N+](=O)[O-]. The van der Waals surface area contributed by atoms with E-state index in [1.807, 2.05) is 24.1 Å². The lowest BCUT2D eigenvalue weighted by Crippen LogP contribution is -2.33. The molecule has 0 amide bonds. The Morgan fingerprint density at radius 2 is 2.29 bits per heavy atom. The van der Waals surface area contributed by atoms with Gasteiger partial charge in [0.1, 0.15) is 5.69 Å². The van der Waals surface area contributed by atoms with Crippen LogP contribution in [0, 0.1) is 17.0 Å². The normalized spacial score (nSPS) is 19.3. The van der Waals surface area contributed by atoms with Gasteiger partial charge in [-0.15, -0.1) is 0 Å². The average molecular weight is 235 g/mol. The summed E-state index contributed by atoms with van der Waals surface area (Å²) < 4.78 is 0. The van der Waals surface area contributed by atoms with E-state index in [0.29, 0.717) is 17.3 Å². The van der Waals surface area contributed by atoms with Crippen molar-refractivity contribution >= 4 is 11.4 Å². The summed E-state index contributed by atoms with van der Waals surface area (Å²) in [5.41, 5.74) is 1.65. The van der Waals surface area contributed by atoms with E-state index >= 15 is 0 Å². The van der Waals surface area contributed by atoms with Gasteiger partial charge in [0.05, 0.1) is 4.92 Å². The number of para-hydroxylation sites is 1. The molecule has 0 radical (unpaired) electrons. The minimum atomic E-state index is -0.288. The van der Waals surface area contributed by atoms with E-state index in [4.69, 9.17) is 0 Å². The molecule has 1 saturated heterocycles. The van der Waals surface area contributed by atoms with Crippen LogP contribution in [0.2, 0.25) is 0 Å². The zero-order valence-electron chi connectivity index (χ0n) is 10.1. The van der Waals surface area contributed by atoms with Crippen molar-refractivity contribution in [2.45, 2.75) is 19.4 Å². The van der Waals surface area contributed by atoms with Crippen molar-refractivity contribution in [1.29, 1.82) is 0 Å². The van der Waals surface area contributed by atoms with Crippen LogP contribution in [-0.2, 0) is 0 Å². The van der Waals surface area contributed by atoms with Gasteiger partial charge >= 0.3 is 0 Å². The predicted molar refractivity (Wildman–Crippen MR) is 67.5 cm³/mol. The molecule has 1 N–H and O–H groups in total. The van der Waals surface area contributed by atoms with E-state index in [0.717, 1.165) is 19.5 Å². The van der Waals surface area contributed by atoms with Crippen LogP contribution in [0.5, 0.6) is 0 Å². The van der Waals surface area contributed by atoms with Crippen LogP contribution in [0.1, 0.15) is 12.0 Å². The highest BCUT2D eigenvalue weighted by molar-refractivity contribution is 5.66. The molecule has 17 heavy (non-hydrogen) atoms. The third-order valence-electron chi connectivity index (χ3n) is 3.36. The van der Waals surface area contributed by atoms with Gasteiger partial charge in [-0.05, 0) is 26.0 Å². The number of rotatable bonds is 3. The highest BCUT2D eigenvalue weighted by atomic mass is 16.6.